The van der Waals surface area contributed by atoms with Crippen LogP contribution in [0, 0.1) is 6.92 Å². The summed E-state index contributed by atoms with van der Waals surface area (Å²) in [5.74, 6) is 0.708. The molecule has 1 aromatic rings. The summed E-state index contributed by atoms with van der Waals surface area (Å²) in [6.07, 6.45) is 1.46. The fourth-order valence-corrected chi connectivity index (χ4v) is 1.32. The van der Waals surface area contributed by atoms with Crippen LogP contribution >= 0.6 is 0 Å². The molecule has 0 aliphatic carbocycles. The fourth-order valence-electron chi connectivity index (χ4n) is 1.32. The van der Waals surface area contributed by atoms with Gasteiger partial charge in [-0.25, -0.2) is 4.79 Å². The van der Waals surface area contributed by atoms with Gasteiger partial charge in [-0.1, -0.05) is 19.4 Å². The Labute approximate surface area is 102 Å². The molecule has 4 nitrogen and oxygen atoms in total. The predicted octanol–water partition coefficient (Wildman–Crippen LogP) is 3.35. The van der Waals surface area contributed by atoms with Crippen molar-refractivity contribution in [1.29, 1.82) is 0 Å². The van der Waals surface area contributed by atoms with Crippen LogP contribution in [0.25, 0.3) is 0 Å². The Morgan fingerprint density at radius 2 is 2.18 bits per heavy atom. The van der Waals surface area contributed by atoms with Crippen LogP contribution in [0.3, 0.4) is 0 Å². The van der Waals surface area contributed by atoms with E-state index in [1.54, 1.807) is 13.2 Å². The van der Waals surface area contributed by atoms with Gasteiger partial charge in [-0.05, 0) is 25.0 Å². The molecule has 0 aliphatic rings. The van der Waals surface area contributed by atoms with E-state index in [1.807, 2.05) is 26.0 Å². The van der Waals surface area contributed by atoms with E-state index < -0.39 is 6.09 Å². The van der Waals surface area contributed by atoms with Gasteiger partial charge in [0, 0.05) is 6.07 Å². The Morgan fingerprint density at radius 3 is 2.82 bits per heavy atom. The van der Waals surface area contributed by atoms with Crippen molar-refractivity contribution in [2.24, 2.45) is 0 Å². The number of unbranched alkanes of at least 4 members (excludes halogenated alkanes) is 1. The van der Waals surface area contributed by atoms with E-state index in [0.29, 0.717) is 18.0 Å². The minimum absolute atomic E-state index is 0.421. The number of ether oxygens (including phenoxy) is 2. The van der Waals surface area contributed by atoms with Crippen molar-refractivity contribution < 1.29 is 14.3 Å². The van der Waals surface area contributed by atoms with Crippen LogP contribution in [0.15, 0.2) is 18.2 Å². The van der Waals surface area contributed by atoms with Gasteiger partial charge in [-0.15, -0.1) is 0 Å². The number of carbonyl (C=O) groups is 1. The molecule has 1 amide bonds. The van der Waals surface area contributed by atoms with Crippen molar-refractivity contribution in [3.8, 4) is 5.75 Å². The highest BCUT2D eigenvalue weighted by Gasteiger charge is 2.06. The van der Waals surface area contributed by atoms with Crippen LogP contribution in [-0.4, -0.2) is 19.8 Å². The molecular formula is C13H19NO3. The van der Waals surface area contributed by atoms with Gasteiger partial charge in [-0.2, -0.15) is 0 Å². The van der Waals surface area contributed by atoms with Gasteiger partial charge in [0.1, 0.15) is 5.75 Å². The average Bonchev–Trinajstić information content (AvgIpc) is 2.32. The number of anilines is 1. The molecule has 0 fully saturated rings. The number of methoxy groups -OCH3 is 1. The van der Waals surface area contributed by atoms with Gasteiger partial charge < -0.3 is 9.47 Å². The van der Waals surface area contributed by atoms with E-state index in [2.05, 4.69) is 5.32 Å². The third-order valence-corrected chi connectivity index (χ3v) is 2.41. The molecule has 0 unspecified atom stereocenters. The molecule has 0 aromatic heterocycles. The third-order valence-electron chi connectivity index (χ3n) is 2.41. The molecule has 1 rings (SSSR count). The summed E-state index contributed by atoms with van der Waals surface area (Å²) in [5, 5.41) is 2.70. The van der Waals surface area contributed by atoms with Crippen molar-refractivity contribution >= 4 is 11.8 Å². The lowest BCUT2D eigenvalue weighted by Crippen LogP contribution is -2.15. The summed E-state index contributed by atoms with van der Waals surface area (Å²) in [6, 6.07) is 5.51. The first-order valence-electron chi connectivity index (χ1n) is 5.75. The van der Waals surface area contributed by atoms with Crippen molar-refractivity contribution in [2.45, 2.75) is 26.7 Å². The van der Waals surface area contributed by atoms with Crippen LogP contribution in [0.4, 0.5) is 10.5 Å². The molecule has 0 aliphatic heterocycles. The van der Waals surface area contributed by atoms with Gasteiger partial charge in [0.2, 0.25) is 0 Å². The monoisotopic (exact) mass is 237 g/mol. The van der Waals surface area contributed by atoms with Gasteiger partial charge in [0.25, 0.3) is 0 Å². The zero-order valence-electron chi connectivity index (χ0n) is 10.6. The lowest BCUT2D eigenvalue weighted by atomic mass is 10.2. The number of rotatable bonds is 5. The van der Waals surface area contributed by atoms with Gasteiger partial charge in [0.15, 0.2) is 0 Å². The van der Waals surface area contributed by atoms with E-state index >= 15 is 0 Å². The molecular weight excluding hydrogens is 218 g/mol. The Bertz CT molecular complexity index is 377. The second kappa shape index (κ2) is 6.78. The number of nitrogens with one attached hydrogen (secondary N) is 1. The second-order valence-corrected chi connectivity index (χ2v) is 3.80. The van der Waals surface area contributed by atoms with Gasteiger partial charge >= 0.3 is 6.09 Å². The molecule has 0 heterocycles. The van der Waals surface area contributed by atoms with Crippen LogP contribution in [0.2, 0.25) is 0 Å². The number of hydrogen-bond donors (Lipinski definition) is 1. The van der Waals surface area contributed by atoms with Crippen molar-refractivity contribution in [3.05, 3.63) is 23.8 Å². The highest BCUT2D eigenvalue weighted by atomic mass is 16.5. The molecule has 1 N–H and O–H groups in total. The van der Waals surface area contributed by atoms with E-state index in [0.717, 1.165) is 18.4 Å². The normalized spacial score (nSPS) is 9.82. The predicted molar refractivity (Wildman–Crippen MR) is 67.6 cm³/mol. The van der Waals surface area contributed by atoms with Crippen molar-refractivity contribution in [1.82, 2.24) is 0 Å². The zero-order valence-corrected chi connectivity index (χ0v) is 10.6. The standard InChI is InChI=1S/C13H19NO3/c1-4-5-8-17-13(15)14-12-9-11(16-3)7-6-10(12)2/h6-7,9H,4-5,8H2,1-3H3,(H,14,15). The molecule has 0 saturated heterocycles. The molecule has 0 radical (unpaired) electrons. The van der Waals surface area contributed by atoms with Crippen LogP contribution in [-0.2, 0) is 4.74 Å². The van der Waals surface area contributed by atoms with Crippen LogP contribution in [0.5, 0.6) is 5.75 Å². The number of amides is 1. The topological polar surface area (TPSA) is 47.6 Å². The maximum absolute atomic E-state index is 11.5. The Balaban J connectivity index is 2.57. The highest BCUT2D eigenvalue weighted by molar-refractivity contribution is 5.85. The van der Waals surface area contributed by atoms with Crippen LogP contribution in [0.1, 0.15) is 25.3 Å². The number of hydrogen-bond acceptors (Lipinski definition) is 3. The minimum atomic E-state index is -0.421. The quantitative estimate of drug-likeness (QED) is 0.799. The maximum Gasteiger partial charge on any atom is 0.411 e. The van der Waals surface area contributed by atoms with E-state index in [-0.39, 0.29) is 0 Å². The van der Waals surface area contributed by atoms with Gasteiger partial charge in [0.05, 0.1) is 19.4 Å². The van der Waals surface area contributed by atoms with Crippen molar-refractivity contribution in [2.75, 3.05) is 19.0 Å². The molecule has 1 aromatic carbocycles. The Hall–Kier alpha value is -1.71. The number of aryl methyl sites for hydroxylation is 1. The lowest BCUT2D eigenvalue weighted by Gasteiger charge is -2.10. The van der Waals surface area contributed by atoms with E-state index in [4.69, 9.17) is 9.47 Å². The Morgan fingerprint density at radius 1 is 1.41 bits per heavy atom. The first-order chi connectivity index (χ1) is 8.17. The van der Waals surface area contributed by atoms with Gasteiger partial charge in [-0.3, -0.25) is 5.32 Å². The Kier molecular flexibility index (Phi) is 5.33. The molecule has 17 heavy (non-hydrogen) atoms. The zero-order chi connectivity index (χ0) is 12.7. The summed E-state index contributed by atoms with van der Waals surface area (Å²) in [6.45, 7) is 4.42. The summed E-state index contributed by atoms with van der Waals surface area (Å²) in [7, 11) is 1.59. The maximum atomic E-state index is 11.5. The largest absolute Gasteiger partial charge is 0.497 e. The average molecular weight is 237 g/mol. The highest BCUT2D eigenvalue weighted by Crippen LogP contribution is 2.21. The fraction of sp³-hybridized carbons (Fsp3) is 0.462. The summed E-state index contributed by atoms with van der Waals surface area (Å²) >= 11 is 0. The second-order valence-electron chi connectivity index (χ2n) is 3.80. The molecule has 0 atom stereocenters. The molecule has 0 bridgehead atoms. The molecule has 4 heteroatoms. The summed E-state index contributed by atoms with van der Waals surface area (Å²) < 4.78 is 10.1. The number of carbonyl (C=O) groups excluding carboxylic acids is 1. The van der Waals surface area contributed by atoms with Crippen molar-refractivity contribution in [3.63, 3.8) is 0 Å². The minimum Gasteiger partial charge on any atom is -0.497 e. The van der Waals surface area contributed by atoms with E-state index in [9.17, 15) is 4.79 Å². The molecule has 0 saturated carbocycles. The third kappa shape index (κ3) is 4.34. The van der Waals surface area contributed by atoms with Crippen LogP contribution < -0.4 is 10.1 Å². The SMILES string of the molecule is CCCCOC(=O)Nc1cc(OC)ccc1C. The number of benzene rings is 1. The smallest absolute Gasteiger partial charge is 0.411 e. The first-order valence-corrected chi connectivity index (χ1v) is 5.75. The lowest BCUT2D eigenvalue weighted by molar-refractivity contribution is 0.160. The first kappa shape index (κ1) is 13.4. The summed E-state index contributed by atoms with van der Waals surface area (Å²) in [5.41, 5.74) is 1.68. The molecule has 0 spiro atoms. The van der Waals surface area contributed by atoms with E-state index in [1.165, 1.54) is 0 Å². The summed E-state index contributed by atoms with van der Waals surface area (Å²) in [4.78, 5) is 11.5. The molecule has 94 valence electrons.